The van der Waals surface area contributed by atoms with Crippen LogP contribution in [0.4, 0.5) is 5.69 Å². The van der Waals surface area contributed by atoms with Gasteiger partial charge in [-0.05, 0) is 31.2 Å². The molecule has 0 radical (unpaired) electrons. The van der Waals surface area contributed by atoms with Crippen molar-refractivity contribution in [1.82, 2.24) is 9.38 Å². The Hall–Kier alpha value is -2.48. The Labute approximate surface area is 176 Å². The minimum Gasteiger partial charge on any atom is -0.493 e. The number of methoxy groups -OCH3 is 1. The molecular formula is C19H24Cl2N4O3. The number of nitrogens with one attached hydrogen (secondary N) is 1. The molecule has 1 amide bonds. The molecule has 0 aliphatic carbocycles. The summed E-state index contributed by atoms with van der Waals surface area (Å²) in [6.45, 7) is 2.08. The Morgan fingerprint density at radius 2 is 2.04 bits per heavy atom. The van der Waals surface area contributed by atoms with Crippen LogP contribution in [-0.4, -0.2) is 28.4 Å². The van der Waals surface area contributed by atoms with E-state index < -0.39 is 0 Å². The molecule has 3 rings (SSSR count). The summed E-state index contributed by atoms with van der Waals surface area (Å²) in [5, 5.41) is 2.81. The number of imidazole rings is 1. The van der Waals surface area contributed by atoms with E-state index in [0.29, 0.717) is 17.2 Å². The number of ether oxygens (including phenoxy) is 2. The van der Waals surface area contributed by atoms with Crippen molar-refractivity contribution < 1.29 is 14.3 Å². The van der Waals surface area contributed by atoms with Crippen molar-refractivity contribution in [1.29, 1.82) is 0 Å². The molecule has 28 heavy (non-hydrogen) atoms. The Morgan fingerprint density at radius 1 is 1.25 bits per heavy atom. The van der Waals surface area contributed by atoms with E-state index in [4.69, 9.17) is 15.2 Å². The lowest BCUT2D eigenvalue weighted by molar-refractivity contribution is -0.116. The molecule has 3 aromatic rings. The minimum absolute atomic E-state index is 0. The second-order valence-electron chi connectivity index (χ2n) is 6.08. The van der Waals surface area contributed by atoms with Crippen LogP contribution in [0, 0.1) is 0 Å². The maximum absolute atomic E-state index is 11.9. The Balaban J connectivity index is 0.00000196. The molecule has 0 aliphatic heterocycles. The van der Waals surface area contributed by atoms with Crippen molar-refractivity contribution in [3.63, 3.8) is 0 Å². The molecule has 1 aromatic carbocycles. The van der Waals surface area contributed by atoms with Gasteiger partial charge in [-0.25, -0.2) is 4.98 Å². The molecule has 0 bridgehead atoms. The maximum Gasteiger partial charge on any atom is 0.225 e. The van der Waals surface area contributed by atoms with Crippen LogP contribution in [0.5, 0.6) is 11.5 Å². The van der Waals surface area contributed by atoms with Crippen LogP contribution in [0.25, 0.3) is 5.65 Å². The van der Waals surface area contributed by atoms with E-state index in [1.807, 2.05) is 35.0 Å². The first-order valence-electron chi connectivity index (χ1n) is 8.34. The van der Waals surface area contributed by atoms with E-state index in [-0.39, 0.29) is 49.8 Å². The van der Waals surface area contributed by atoms with Crippen LogP contribution < -0.4 is 20.5 Å². The summed E-state index contributed by atoms with van der Waals surface area (Å²) in [5.74, 6) is 0.971. The van der Waals surface area contributed by atoms with Gasteiger partial charge in [0.25, 0.3) is 0 Å². The lowest BCUT2D eigenvalue weighted by atomic mass is 10.2. The number of rotatable bonds is 7. The van der Waals surface area contributed by atoms with Gasteiger partial charge >= 0.3 is 0 Å². The molecule has 0 aliphatic rings. The van der Waals surface area contributed by atoms with Gasteiger partial charge in [0, 0.05) is 36.6 Å². The number of hydrogen-bond donors (Lipinski definition) is 2. The number of carbonyl (C=O) groups excluding carboxylic acids is 1. The highest BCUT2D eigenvalue weighted by molar-refractivity contribution is 5.91. The van der Waals surface area contributed by atoms with Crippen molar-refractivity contribution in [3.8, 4) is 11.5 Å². The van der Waals surface area contributed by atoms with Gasteiger partial charge in [0.05, 0.1) is 12.8 Å². The second kappa shape index (κ2) is 10.8. The van der Waals surface area contributed by atoms with Crippen molar-refractivity contribution in [3.05, 3.63) is 54.5 Å². The van der Waals surface area contributed by atoms with Crippen LogP contribution >= 0.6 is 24.8 Å². The molecule has 1 unspecified atom stereocenters. The Kier molecular flexibility index (Phi) is 9.05. The van der Waals surface area contributed by atoms with E-state index in [1.165, 1.54) is 0 Å². The number of benzene rings is 1. The molecule has 7 nitrogen and oxygen atoms in total. The lowest BCUT2D eigenvalue weighted by Gasteiger charge is -2.13. The lowest BCUT2D eigenvalue weighted by Crippen LogP contribution is -2.23. The molecule has 3 N–H and O–H groups in total. The second-order valence-corrected chi connectivity index (χ2v) is 6.08. The Morgan fingerprint density at radius 3 is 2.71 bits per heavy atom. The summed E-state index contributed by atoms with van der Waals surface area (Å²) in [4.78, 5) is 16.4. The van der Waals surface area contributed by atoms with Crippen LogP contribution in [0.15, 0.2) is 48.8 Å². The number of nitrogens with two attached hydrogens (primary N) is 1. The van der Waals surface area contributed by atoms with E-state index in [1.54, 1.807) is 32.2 Å². The fraction of sp³-hybridized carbons (Fsp3) is 0.263. The van der Waals surface area contributed by atoms with Crippen LogP contribution in [0.3, 0.4) is 0 Å². The standard InChI is InChI=1S/C19H22N4O3.2ClH/c1-13(20)9-19(24)22-14-6-7-16(25-2)17(10-14)26-12-15-11-23-8-4-3-5-18(23)21-15;;/h3-8,10-11,13H,9,12,20H2,1-2H3,(H,22,24);2*1H. The first-order valence-corrected chi connectivity index (χ1v) is 8.34. The van der Waals surface area contributed by atoms with E-state index >= 15 is 0 Å². The first kappa shape index (κ1) is 23.6. The normalized spacial score (nSPS) is 11.1. The summed E-state index contributed by atoms with van der Waals surface area (Å²) in [5.41, 5.74) is 7.93. The van der Waals surface area contributed by atoms with Gasteiger partial charge in [-0.1, -0.05) is 6.07 Å². The molecule has 152 valence electrons. The van der Waals surface area contributed by atoms with Crippen LogP contribution in [0.1, 0.15) is 19.0 Å². The largest absolute Gasteiger partial charge is 0.493 e. The van der Waals surface area contributed by atoms with Crippen molar-refractivity contribution in [2.45, 2.75) is 26.0 Å². The van der Waals surface area contributed by atoms with Gasteiger partial charge in [0.2, 0.25) is 5.91 Å². The van der Waals surface area contributed by atoms with Crippen molar-refractivity contribution in [2.75, 3.05) is 12.4 Å². The Bertz CT molecular complexity index is 882. The molecule has 1 atom stereocenters. The molecular weight excluding hydrogens is 403 g/mol. The highest BCUT2D eigenvalue weighted by atomic mass is 35.5. The fourth-order valence-corrected chi connectivity index (χ4v) is 2.58. The smallest absolute Gasteiger partial charge is 0.225 e. The van der Waals surface area contributed by atoms with Crippen LogP contribution in [-0.2, 0) is 11.4 Å². The van der Waals surface area contributed by atoms with E-state index in [2.05, 4.69) is 10.3 Å². The number of aromatic nitrogens is 2. The molecule has 2 heterocycles. The summed E-state index contributed by atoms with van der Waals surface area (Å²) in [6.07, 6.45) is 4.10. The number of halogens is 2. The fourth-order valence-electron chi connectivity index (χ4n) is 2.58. The number of fused-ring (bicyclic) bond motifs is 1. The molecule has 2 aromatic heterocycles. The predicted octanol–water partition coefficient (Wildman–Crippen LogP) is 3.44. The maximum atomic E-state index is 11.9. The van der Waals surface area contributed by atoms with Crippen molar-refractivity contribution in [2.24, 2.45) is 5.73 Å². The highest BCUT2D eigenvalue weighted by Gasteiger charge is 2.11. The summed E-state index contributed by atoms with van der Waals surface area (Å²) in [7, 11) is 1.57. The van der Waals surface area contributed by atoms with Gasteiger partial charge in [-0.3, -0.25) is 4.79 Å². The zero-order chi connectivity index (χ0) is 18.5. The summed E-state index contributed by atoms with van der Waals surface area (Å²) < 4.78 is 13.1. The van der Waals surface area contributed by atoms with Gasteiger partial charge in [0.1, 0.15) is 12.3 Å². The number of nitrogens with zero attached hydrogens (tertiary/aromatic N) is 2. The monoisotopic (exact) mass is 426 g/mol. The first-order chi connectivity index (χ1) is 12.5. The van der Waals surface area contributed by atoms with Gasteiger partial charge in [-0.2, -0.15) is 0 Å². The summed E-state index contributed by atoms with van der Waals surface area (Å²) in [6, 6.07) is 10.8. The minimum atomic E-state index is -0.195. The van der Waals surface area contributed by atoms with Crippen molar-refractivity contribution >= 4 is 42.1 Å². The van der Waals surface area contributed by atoms with E-state index in [9.17, 15) is 4.79 Å². The topological polar surface area (TPSA) is 90.9 Å². The average molecular weight is 427 g/mol. The number of carbonyl (C=O) groups is 1. The quantitative estimate of drug-likeness (QED) is 0.603. The summed E-state index contributed by atoms with van der Waals surface area (Å²) >= 11 is 0. The number of amides is 1. The zero-order valence-electron chi connectivity index (χ0n) is 15.6. The third kappa shape index (κ3) is 6.02. The third-order valence-corrected chi connectivity index (χ3v) is 3.74. The molecule has 0 saturated carbocycles. The molecule has 0 spiro atoms. The molecule has 9 heteroatoms. The zero-order valence-corrected chi connectivity index (χ0v) is 17.3. The van der Waals surface area contributed by atoms with Gasteiger partial charge in [-0.15, -0.1) is 24.8 Å². The predicted molar refractivity (Wildman–Crippen MR) is 114 cm³/mol. The van der Waals surface area contributed by atoms with E-state index in [0.717, 1.165) is 11.3 Å². The number of hydrogen-bond acceptors (Lipinski definition) is 5. The van der Waals surface area contributed by atoms with Gasteiger partial charge < -0.3 is 24.9 Å². The van der Waals surface area contributed by atoms with Crippen LogP contribution in [0.2, 0.25) is 0 Å². The molecule has 0 saturated heterocycles. The number of anilines is 1. The average Bonchev–Trinajstić information content (AvgIpc) is 3.02. The molecule has 0 fully saturated rings. The third-order valence-electron chi connectivity index (χ3n) is 3.74. The number of pyridine rings is 1. The van der Waals surface area contributed by atoms with Gasteiger partial charge in [0.15, 0.2) is 11.5 Å². The SMILES string of the molecule is COc1ccc(NC(=O)CC(C)N)cc1OCc1cn2ccccc2n1.Cl.Cl. The highest BCUT2D eigenvalue weighted by Crippen LogP contribution is 2.31.